The van der Waals surface area contributed by atoms with Crippen molar-refractivity contribution in [2.24, 2.45) is 0 Å². The summed E-state index contributed by atoms with van der Waals surface area (Å²) < 4.78 is 23.6. The summed E-state index contributed by atoms with van der Waals surface area (Å²) in [5.74, 6) is -0.774. The molecule has 25 heavy (non-hydrogen) atoms. The second-order valence-electron chi connectivity index (χ2n) is 6.15. The summed E-state index contributed by atoms with van der Waals surface area (Å²) in [7, 11) is -3.73. The molecule has 1 aromatic carbocycles. The Bertz CT molecular complexity index is 918. The standard InChI is InChI=1S/C18H21NO5S/c1-18(16(21)13-20,25(2,23)24)9-11-19-10-8-15(12-17(19)22)14-6-4-3-5-7-14/h3-8,10,12,20H,9,11,13H2,1-2H3/t18-/m1/s1. The quantitative estimate of drug-likeness (QED) is 0.800. The number of nitrogens with zero attached hydrogens (tertiary/aromatic N) is 1. The Labute approximate surface area is 146 Å². The van der Waals surface area contributed by atoms with Crippen molar-refractivity contribution in [2.75, 3.05) is 12.9 Å². The number of aryl methyl sites for hydroxylation is 1. The van der Waals surface area contributed by atoms with Crippen molar-refractivity contribution >= 4 is 15.6 Å². The molecule has 0 bridgehead atoms. The molecule has 0 amide bonds. The maximum absolute atomic E-state index is 12.3. The summed E-state index contributed by atoms with van der Waals surface area (Å²) in [6, 6.07) is 12.6. The molecular weight excluding hydrogens is 342 g/mol. The topological polar surface area (TPSA) is 93.4 Å². The minimum absolute atomic E-state index is 0.0587. The number of aromatic nitrogens is 1. The Morgan fingerprint density at radius 2 is 1.80 bits per heavy atom. The number of carbonyl (C=O) groups is 1. The van der Waals surface area contributed by atoms with Crippen LogP contribution in [-0.2, 0) is 21.2 Å². The molecule has 6 nitrogen and oxygen atoms in total. The number of carbonyl (C=O) groups excluding carboxylic acids is 1. The zero-order valence-electron chi connectivity index (χ0n) is 14.2. The molecule has 0 radical (unpaired) electrons. The van der Waals surface area contributed by atoms with Crippen LogP contribution >= 0.6 is 0 Å². The van der Waals surface area contributed by atoms with E-state index in [0.29, 0.717) is 0 Å². The number of aliphatic hydroxyl groups excluding tert-OH is 1. The summed E-state index contributed by atoms with van der Waals surface area (Å²) >= 11 is 0. The number of sulfone groups is 1. The highest BCUT2D eigenvalue weighted by Crippen LogP contribution is 2.23. The summed E-state index contributed by atoms with van der Waals surface area (Å²) in [6.07, 6.45) is 2.45. The molecule has 2 rings (SSSR count). The van der Waals surface area contributed by atoms with Crippen LogP contribution in [0.15, 0.2) is 53.5 Å². The maximum Gasteiger partial charge on any atom is 0.251 e. The van der Waals surface area contributed by atoms with E-state index in [1.54, 1.807) is 12.3 Å². The molecule has 2 aromatic rings. The monoisotopic (exact) mass is 363 g/mol. The lowest BCUT2D eigenvalue weighted by Gasteiger charge is -2.25. The maximum atomic E-state index is 12.3. The van der Waals surface area contributed by atoms with Crippen molar-refractivity contribution < 1.29 is 18.3 Å². The number of rotatable bonds is 7. The van der Waals surface area contributed by atoms with Crippen molar-refractivity contribution in [3.05, 3.63) is 59.0 Å². The number of ketones is 1. The van der Waals surface area contributed by atoms with E-state index >= 15 is 0 Å². The van der Waals surface area contributed by atoms with Gasteiger partial charge in [-0.1, -0.05) is 30.3 Å². The van der Waals surface area contributed by atoms with Crippen LogP contribution < -0.4 is 5.56 Å². The van der Waals surface area contributed by atoms with Crippen LogP contribution in [-0.4, -0.2) is 41.5 Å². The minimum atomic E-state index is -3.73. The fourth-order valence-electron chi connectivity index (χ4n) is 2.54. The second-order valence-corrected chi connectivity index (χ2v) is 8.59. The molecule has 0 aliphatic carbocycles. The number of aliphatic hydroxyl groups is 1. The second kappa shape index (κ2) is 7.33. The molecule has 0 fully saturated rings. The van der Waals surface area contributed by atoms with Crippen LogP contribution in [0.25, 0.3) is 11.1 Å². The summed E-state index contributed by atoms with van der Waals surface area (Å²) in [5, 5.41) is 9.07. The number of Topliss-reactive ketones (excluding diaryl/α,β-unsaturated/α-hetero) is 1. The average molecular weight is 363 g/mol. The number of benzene rings is 1. The van der Waals surface area contributed by atoms with Crippen molar-refractivity contribution in [3.63, 3.8) is 0 Å². The van der Waals surface area contributed by atoms with Crippen molar-refractivity contribution in [1.29, 1.82) is 0 Å². The van der Waals surface area contributed by atoms with Gasteiger partial charge in [0.25, 0.3) is 5.56 Å². The van der Waals surface area contributed by atoms with Crippen LogP contribution in [0.5, 0.6) is 0 Å². The summed E-state index contributed by atoms with van der Waals surface area (Å²) in [6.45, 7) is 0.485. The Balaban J connectivity index is 2.26. The van der Waals surface area contributed by atoms with Gasteiger partial charge in [0, 0.05) is 25.1 Å². The van der Waals surface area contributed by atoms with E-state index in [1.165, 1.54) is 17.6 Å². The van der Waals surface area contributed by atoms with Gasteiger partial charge in [0.2, 0.25) is 0 Å². The van der Waals surface area contributed by atoms with Gasteiger partial charge in [-0.3, -0.25) is 9.59 Å². The van der Waals surface area contributed by atoms with E-state index < -0.39 is 27.0 Å². The molecule has 0 aliphatic rings. The van der Waals surface area contributed by atoms with Crippen molar-refractivity contribution in [2.45, 2.75) is 24.6 Å². The Kier molecular flexibility index (Phi) is 5.59. The minimum Gasteiger partial charge on any atom is -0.389 e. The lowest BCUT2D eigenvalue weighted by Crippen LogP contribution is -2.46. The highest BCUT2D eigenvalue weighted by molar-refractivity contribution is 7.92. The van der Waals surface area contributed by atoms with Crippen LogP contribution in [0.2, 0.25) is 0 Å². The van der Waals surface area contributed by atoms with Gasteiger partial charge >= 0.3 is 0 Å². The molecule has 0 saturated heterocycles. The van der Waals surface area contributed by atoms with E-state index in [2.05, 4.69) is 0 Å². The smallest absolute Gasteiger partial charge is 0.251 e. The number of hydrogen-bond acceptors (Lipinski definition) is 5. The van der Waals surface area contributed by atoms with E-state index in [1.807, 2.05) is 30.3 Å². The van der Waals surface area contributed by atoms with Gasteiger partial charge in [0.15, 0.2) is 15.6 Å². The van der Waals surface area contributed by atoms with Crippen molar-refractivity contribution in [1.82, 2.24) is 4.57 Å². The van der Waals surface area contributed by atoms with Gasteiger partial charge in [0.1, 0.15) is 11.4 Å². The molecule has 1 aromatic heterocycles. The molecule has 0 saturated carbocycles. The molecule has 134 valence electrons. The Morgan fingerprint density at radius 3 is 2.32 bits per heavy atom. The lowest BCUT2D eigenvalue weighted by molar-refractivity contribution is -0.124. The van der Waals surface area contributed by atoms with E-state index in [9.17, 15) is 18.0 Å². The molecule has 1 N–H and O–H groups in total. The van der Waals surface area contributed by atoms with Gasteiger partial charge in [0.05, 0.1) is 0 Å². The first kappa shape index (κ1) is 19.1. The van der Waals surface area contributed by atoms with Gasteiger partial charge in [-0.15, -0.1) is 0 Å². The van der Waals surface area contributed by atoms with E-state index in [-0.39, 0.29) is 18.5 Å². The molecule has 0 aliphatic heterocycles. The molecule has 0 spiro atoms. The zero-order chi connectivity index (χ0) is 18.7. The highest BCUT2D eigenvalue weighted by atomic mass is 32.2. The molecule has 7 heteroatoms. The number of hydrogen-bond donors (Lipinski definition) is 1. The van der Waals surface area contributed by atoms with Crippen LogP contribution in [0.3, 0.4) is 0 Å². The third kappa shape index (κ3) is 4.05. The molecule has 1 heterocycles. The third-order valence-electron chi connectivity index (χ3n) is 4.48. The Morgan fingerprint density at radius 1 is 1.16 bits per heavy atom. The van der Waals surface area contributed by atoms with E-state index in [0.717, 1.165) is 17.4 Å². The zero-order valence-corrected chi connectivity index (χ0v) is 15.0. The third-order valence-corrected chi connectivity index (χ3v) is 6.55. The van der Waals surface area contributed by atoms with Crippen LogP contribution in [0.4, 0.5) is 0 Å². The Hall–Kier alpha value is -2.25. The summed E-state index contributed by atoms with van der Waals surface area (Å²) in [5.41, 5.74) is 1.39. The first-order chi connectivity index (χ1) is 11.7. The SMILES string of the molecule is C[C@@](CCn1ccc(-c2ccccc2)cc1=O)(C(=O)CO)S(C)(=O)=O. The van der Waals surface area contributed by atoms with Crippen LogP contribution in [0, 0.1) is 0 Å². The normalized spacial score (nSPS) is 14.0. The first-order valence-corrected chi connectivity index (χ1v) is 9.68. The number of pyridine rings is 1. The largest absolute Gasteiger partial charge is 0.389 e. The molecule has 1 atom stereocenters. The predicted octanol–water partition coefficient (Wildman–Crippen LogP) is 1.27. The van der Waals surface area contributed by atoms with Gasteiger partial charge in [-0.25, -0.2) is 8.42 Å². The van der Waals surface area contributed by atoms with Crippen molar-refractivity contribution in [3.8, 4) is 11.1 Å². The fraction of sp³-hybridized carbons (Fsp3) is 0.333. The molecule has 0 unspecified atom stereocenters. The lowest BCUT2D eigenvalue weighted by atomic mass is 10.0. The van der Waals surface area contributed by atoms with Crippen LogP contribution in [0.1, 0.15) is 13.3 Å². The fourth-order valence-corrected chi connectivity index (χ4v) is 3.48. The summed E-state index contributed by atoms with van der Waals surface area (Å²) in [4.78, 5) is 24.2. The van der Waals surface area contributed by atoms with Gasteiger partial charge in [-0.2, -0.15) is 0 Å². The molecular formula is C18H21NO5S. The highest BCUT2D eigenvalue weighted by Gasteiger charge is 2.42. The van der Waals surface area contributed by atoms with Gasteiger partial charge in [-0.05, 0) is 30.5 Å². The van der Waals surface area contributed by atoms with Gasteiger partial charge < -0.3 is 9.67 Å². The van der Waals surface area contributed by atoms with E-state index in [4.69, 9.17) is 5.11 Å². The predicted molar refractivity (Wildman–Crippen MR) is 96.1 cm³/mol. The average Bonchev–Trinajstić information content (AvgIpc) is 2.59. The first-order valence-electron chi connectivity index (χ1n) is 7.79.